The second-order valence-electron chi connectivity index (χ2n) is 3.48. The van der Waals surface area contributed by atoms with Gasteiger partial charge in [-0.15, -0.1) is 0 Å². The van der Waals surface area contributed by atoms with Gasteiger partial charge in [0.2, 0.25) is 0 Å². The number of halogens is 2. The van der Waals surface area contributed by atoms with Crippen molar-refractivity contribution in [3.63, 3.8) is 0 Å². The van der Waals surface area contributed by atoms with E-state index in [0.29, 0.717) is 5.92 Å². The van der Waals surface area contributed by atoms with E-state index in [4.69, 9.17) is 0 Å². The Morgan fingerprint density at radius 3 is 2.36 bits per heavy atom. The van der Waals surface area contributed by atoms with Crippen LogP contribution < -0.4 is 18.9 Å². The summed E-state index contributed by atoms with van der Waals surface area (Å²) in [6.45, 7) is -0.263. The van der Waals surface area contributed by atoms with Crippen LogP contribution in [-0.2, 0) is 4.79 Å². The molecule has 1 saturated carbocycles. The number of nitrogens with zero attached hydrogens (tertiary/aromatic N) is 1. The van der Waals surface area contributed by atoms with Gasteiger partial charge in [-0.05, 0) is 18.8 Å². The van der Waals surface area contributed by atoms with Gasteiger partial charge in [0, 0.05) is 6.04 Å². The Labute approximate surface area is 93.3 Å². The smallest absolute Gasteiger partial charge is 0.870 e. The molecule has 0 aromatic carbocycles. The first kappa shape index (κ1) is 14.0. The van der Waals surface area contributed by atoms with Crippen molar-refractivity contribution in [2.24, 2.45) is 5.92 Å². The van der Waals surface area contributed by atoms with Gasteiger partial charge in [0.15, 0.2) is 0 Å². The van der Waals surface area contributed by atoms with Crippen LogP contribution in [0.3, 0.4) is 0 Å². The standard InChI is InChI=1S/C8H10F2NO.Li.H2O/c9-7(10)3-11-6(4-12)8(11)5-1-2-5;;/h5-8H,1-3H2;;1H2/q-1;+1;/p-1/t6-,8+,11?;;/m0../s1. The van der Waals surface area contributed by atoms with E-state index in [9.17, 15) is 13.6 Å². The summed E-state index contributed by atoms with van der Waals surface area (Å²) in [6.07, 6.45) is 1.65. The van der Waals surface area contributed by atoms with E-state index in [1.54, 1.807) is 4.90 Å². The Morgan fingerprint density at radius 2 is 2.00 bits per heavy atom. The molecule has 0 radical (unpaired) electrons. The van der Waals surface area contributed by atoms with Crippen molar-refractivity contribution in [3.05, 3.63) is 0 Å². The van der Waals surface area contributed by atoms with Gasteiger partial charge < -0.3 is 15.2 Å². The van der Waals surface area contributed by atoms with Gasteiger partial charge in [0.25, 0.3) is 6.43 Å². The summed E-state index contributed by atoms with van der Waals surface area (Å²) in [6, 6.07) is -0.233. The minimum atomic E-state index is -2.33. The first-order valence-corrected chi connectivity index (χ1v) is 4.15. The Hall–Kier alpha value is 0.0474. The average Bonchev–Trinajstić information content (AvgIpc) is 2.76. The fraction of sp³-hybridized carbons (Fsp3) is 0.875. The van der Waals surface area contributed by atoms with Crippen molar-refractivity contribution in [2.75, 3.05) is 6.54 Å². The molecule has 6 heteroatoms. The monoisotopic (exact) mass is 198 g/mol. The predicted molar refractivity (Wildman–Crippen MR) is 40.6 cm³/mol. The molecule has 2 rings (SSSR count). The Kier molecular flexibility index (Phi) is 5.24. The van der Waals surface area contributed by atoms with E-state index >= 15 is 0 Å². The molecule has 0 aromatic heterocycles. The van der Waals surface area contributed by atoms with Crippen molar-refractivity contribution in [2.45, 2.75) is 31.4 Å². The Morgan fingerprint density at radius 1 is 1.43 bits per heavy atom. The average molecular weight is 198 g/mol. The van der Waals surface area contributed by atoms with Gasteiger partial charge >= 0.3 is 18.9 Å². The third-order valence-electron chi connectivity index (χ3n) is 2.55. The molecule has 0 amide bonds. The number of rotatable bonds is 4. The predicted octanol–water partition coefficient (Wildman–Crippen LogP) is -2.35. The Bertz CT molecular complexity index is 202. The summed E-state index contributed by atoms with van der Waals surface area (Å²) in [5, 5.41) is 0. The summed E-state index contributed by atoms with van der Waals surface area (Å²) in [7, 11) is 0. The maximum atomic E-state index is 11.9. The number of carbonyl (C=O) groups excluding carboxylic acids is 1. The number of hydrogen-bond acceptors (Lipinski definition) is 3. The second-order valence-corrected chi connectivity index (χ2v) is 3.48. The van der Waals surface area contributed by atoms with Gasteiger partial charge in [-0.2, -0.15) is 0 Å². The van der Waals surface area contributed by atoms with E-state index in [1.807, 2.05) is 6.29 Å². The van der Waals surface area contributed by atoms with Crippen LogP contribution in [0.25, 0.3) is 0 Å². The van der Waals surface area contributed by atoms with E-state index in [0.717, 1.165) is 12.8 Å². The topological polar surface area (TPSA) is 50.1 Å². The molecule has 1 heterocycles. The maximum absolute atomic E-state index is 11.9. The van der Waals surface area contributed by atoms with Crippen molar-refractivity contribution < 1.29 is 37.9 Å². The molecule has 2 aliphatic rings. The minimum absolute atomic E-state index is 0. The molecule has 76 valence electrons. The molecule has 0 aromatic rings. The first-order valence-electron chi connectivity index (χ1n) is 4.15. The van der Waals surface area contributed by atoms with Crippen LogP contribution in [0.1, 0.15) is 12.8 Å². The van der Waals surface area contributed by atoms with Crippen LogP contribution in [0.15, 0.2) is 0 Å². The van der Waals surface area contributed by atoms with E-state index in [-0.39, 0.29) is 43.0 Å². The molecule has 1 unspecified atom stereocenters. The van der Waals surface area contributed by atoms with Crippen LogP contribution in [0, 0.1) is 5.92 Å². The summed E-state index contributed by atoms with van der Waals surface area (Å²) in [5.41, 5.74) is 0. The SMILES string of the molecule is O=[C-][C@H]1[C@@H](C2CC2)N1CC(F)F.[Li+].[OH-]. The maximum Gasteiger partial charge on any atom is 1.00 e. The zero-order chi connectivity index (χ0) is 8.72. The largest absolute Gasteiger partial charge is 1.00 e. The van der Waals surface area contributed by atoms with Crippen molar-refractivity contribution >= 4 is 6.29 Å². The molecular weight excluding hydrogens is 187 g/mol. The van der Waals surface area contributed by atoms with Gasteiger partial charge in [0.1, 0.15) is 0 Å². The Balaban J connectivity index is 0.000000845. The number of hydrogen-bond donors (Lipinski definition) is 0. The van der Waals surface area contributed by atoms with Crippen molar-refractivity contribution in [1.82, 2.24) is 4.90 Å². The van der Waals surface area contributed by atoms with Crippen LogP contribution in [0.2, 0.25) is 0 Å². The minimum Gasteiger partial charge on any atom is -0.870 e. The fourth-order valence-electron chi connectivity index (χ4n) is 1.79. The van der Waals surface area contributed by atoms with Gasteiger partial charge in [-0.1, -0.05) is 6.04 Å². The summed E-state index contributed by atoms with van der Waals surface area (Å²) in [4.78, 5) is 11.8. The van der Waals surface area contributed by atoms with E-state index in [2.05, 4.69) is 0 Å². The van der Waals surface area contributed by atoms with Crippen molar-refractivity contribution in [1.29, 1.82) is 0 Å². The quantitative estimate of drug-likeness (QED) is 0.289. The van der Waals surface area contributed by atoms with E-state index in [1.165, 1.54) is 0 Å². The van der Waals surface area contributed by atoms with Gasteiger partial charge in [-0.25, -0.2) is 15.1 Å². The molecule has 1 saturated heterocycles. The van der Waals surface area contributed by atoms with Crippen molar-refractivity contribution in [3.8, 4) is 0 Å². The molecule has 14 heavy (non-hydrogen) atoms. The summed E-state index contributed by atoms with van der Waals surface area (Å²) in [5.74, 6) is 0.496. The molecule has 1 N–H and O–H groups in total. The normalized spacial score (nSPS) is 34.4. The van der Waals surface area contributed by atoms with E-state index < -0.39 is 6.43 Å². The molecule has 3 nitrogen and oxygen atoms in total. The molecule has 1 aliphatic carbocycles. The van der Waals surface area contributed by atoms with Gasteiger partial charge in [-0.3, -0.25) is 0 Å². The van der Waals surface area contributed by atoms with Crippen LogP contribution >= 0.6 is 0 Å². The third-order valence-corrected chi connectivity index (χ3v) is 2.55. The van der Waals surface area contributed by atoms with Crippen LogP contribution in [-0.4, -0.2) is 41.7 Å². The zero-order valence-corrected chi connectivity index (χ0v) is 7.99. The molecule has 0 spiro atoms. The second kappa shape index (κ2) is 5.22. The summed E-state index contributed by atoms with van der Waals surface area (Å²) < 4.78 is 23.8. The third kappa shape index (κ3) is 2.77. The first-order chi connectivity index (χ1) is 5.74. The molecule has 3 atom stereocenters. The van der Waals surface area contributed by atoms with Crippen LogP contribution in [0.5, 0.6) is 0 Å². The van der Waals surface area contributed by atoms with Gasteiger partial charge in [0.05, 0.1) is 6.54 Å². The fourth-order valence-corrected chi connectivity index (χ4v) is 1.79. The molecule has 0 bridgehead atoms. The zero-order valence-electron chi connectivity index (χ0n) is 7.99. The molecular formula is C8H11F2LiNO2-. The number of alkyl halides is 2. The molecule has 1 aliphatic heterocycles. The van der Waals surface area contributed by atoms with Crippen LogP contribution in [0.4, 0.5) is 8.78 Å². The molecule has 2 fully saturated rings. The summed E-state index contributed by atoms with van der Waals surface area (Å²) >= 11 is 0.